The zero-order valence-electron chi connectivity index (χ0n) is 10.9. The molecule has 2 unspecified atom stereocenters. The molecule has 0 saturated heterocycles. The van der Waals surface area contributed by atoms with E-state index in [1.807, 2.05) is 31.2 Å². The van der Waals surface area contributed by atoms with Gasteiger partial charge in [0, 0.05) is 18.2 Å². The number of carboxylic acids is 1. The van der Waals surface area contributed by atoms with Gasteiger partial charge < -0.3 is 15.7 Å². The highest BCUT2D eigenvalue weighted by atomic mass is 16.4. The van der Waals surface area contributed by atoms with E-state index in [4.69, 9.17) is 10.8 Å². The molecule has 2 rings (SSSR count). The predicted molar refractivity (Wildman–Crippen MR) is 72.1 cm³/mol. The summed E-state index contributed by atoms with van der Waals surface area (Å²) in [6.07, 6.45) is 0.600. The van der Waals surface area contributed by atoms with Crippen molar-refractivity contribution in [2.75, 3.05) is 11.4 Å². The van der Waals surface area contributed by atoms with Crippen LogP contribution in [0.2, 0.25) is 0 Å². The van der Waals surface area contributed by atoms with Gasteiger partial charge in [-0.1, -0.05) is 25.1 Å². The van der Waals surface area contributed by atoms with Gasteiger partial charge in [0.2, 0.25) is 5.91 Å². The van der Waals surface area contributed by atoms with Crippen LogP contribution in [0.5, 0.6) is 0 Å². The first-order chi connectivity index (χ1) is 9.04. The molecule has 19 heavy (non-hydrogen) atoms. The summed E-state index contributed by atoms with van der Waals surface area (Å²) in [6.45, 7) is 2.26. The van der Waals surface area contributed by atoms with Gasteiger partial charge in [-0.2, -0.15) is 0 Å². The maximum Gasteiger partial charge on any atom is 0.304 e. The highest BCUT2D eigenvalue weighted by Gasteiger charge is 2.34. The number of aliphatic carboxylic acids is 1. The van der Waals surface area contributed by atoms with Crippen LogP contribution in [0.1, 0.15) is 31.2 Å². The number of rotatable bonds is 4. The SMILES string of the molecule is CCC(N)C(=O)N1CC(CC(=O)O)c2ccccc21. The fourth-order valence-corrected chi connectivity index (χ4v) is 2.46. The highest BCUT2D eigenvalue weighted by Crippen LogP contribution is 2.38. The molecule has 0 aliphatic carbocycles. The van der Waals surface area contributed by atoms with E-state index in [0.717, 1.165) is 11.3 Å². The van der Waals surface area contributed by atoms with Crippen molar-refractivity contribution in [2.45, 2.75) is 31.7 Å². The molecular weight excluding hydrogens is 244 g/mol. The summed E-state index contributed by atoms with van der Waals surface area (Å²) in [5, 5.41) is 8.95. The molecule has 1 aromatic rings. The second-order valence-corrected chi connectivity index (χ2v) is 4.82. The minimum atomic E-state index is -0.853. The van der Waals surface area contributed by atoms with Crippen molar-refractivity contribution in [3.63, 3.8) is 0 Å². The Balaban J connectivity index is 2.30. The highest BCUT2D eigenvalue weighted by molar-refractivity contribution is 5.99. The summed E-state index contributed by atoms with van der Waals surface area (Å²) in [5.74, 6) is -1.14. The van der Waals surface area contributed by atoms with Crippen molar-refractivity contribution >= 4 is 17.6 Å². The standard InChI is InChI=1S/C14H18N2O3/c1-2-11(15)14(19)16-8-9(7-13(17)18)10-5-3-4-6-12(10)16/h3-6,9,11H,2,7-8,15H2,1H3,(H,17,18). The van der Waals surface area contributed by atoms with Gasteiger partial charge in [-0.05, 0) is 18.1 Å². The number of para-hydroxylation sites is 1. The molecule has 0 spiro atoms. The molecule has 0 radical (unpaired) electrons. The van der Waals surface area contributed by atoms with Crippen LogP contribution in [0.25, 0.3) is 0 Å². The van der Waals surface area contributed by atoms with Crippen LogP contribution in [0.3, 0.4) is 0 Å². The van der Waals surface area contributed by atoms with Crippen LogP contribution in [0.15, 0.2) is 24.3 Å². The quantitative estimate of drug-likeness (QED) is 0.857. The maximum atomic E-state index is 12.2. The first-order valence-electron chi connectivity index (χ1n) is 6.42. The third-order valence-electron chi connectivity index (χ3n) is 3.51. The average Bonchev–Trinajstić information content (AvgIpc) is 2.75. The molecule has 0 bridgehead atoms. The second-order valence-electron chi connectivity index (χ2n) is 4.82. The number of carbonyl (C=O) groups excluding carboxylic acids is 1. The average molecular weight is 262 g/mol. The zero-order chi connectivity index (χ0) is 14.0. The van der Waals surface area contributed by atoms with Crippen molar-refractivity contribution in [2.24, 2.45) is 5.73 Å². The Kier molecular flexibility index (Phi) is 3.85. The lowest BCUT2D eigenvalue weighted by atomic mass is 9.98. The first-order valence-corrected chi connectivity index (χ1v) is 6.42. The predicted octanol–water partition coefficient (Wildman–Crippen LogP) is 1.33. The van der Waals surface area contributed by atoms with E-state index in [0.29, 0.717) is 13.0 Å². The van der Waals surface area contributed by atoms with E-state index < -0.39 is 12.0 Å². The fraction of sp³-hybridized carbons (Fsp3) is 0.429. The molecular formula is C14H18N2O3. The van der Waals surface area contributed by atoms with Crippen LogP contribution in [-0.2, 0) is 9.59 Å². The Morgan fingerprint density at radius 3 is 2.79 bits per heavy atom. The molecule has 2 atom stereocenters. The fourth-order valence-electron chi connectivity index (χ4n) is 2.46. The van der Waals surface area contributed by atoms with E-state index in [2.05, 4.69) is 0 Å². The van der Waals surface area contributed by atoms with Crippen LogP contribution in [0, 0.1) is 0 Å². The lowest BCUT2D eigenvalue weighted by molar-refractivity contribution is -0.137. The number of carbonyl (C=O) groups is 2. The third kappa shape index (κ3) is 2.61. The van der Waals surface area contributed by atoms with Gasteiger partial charge in [0.05, 0.1) is 12.5 Å². The molecule has 1 amide bonds. The third-order valence-corrected chi connectivity index (χ3v) is 3.51. The van der Waals surface area contributed by atoms with Gasteiger partial charge in [0.15, 0.2) is 0 Å². The number of hydrogen-bond donors (Lipinski definition) is 2. The van der Waals surface area contributed by atoms with E-state index >= 15 is 0 Å². The van der Waals surface area contributed by atoms with E-state index in [1.54, 1.807) is 4.90 Å². The second kappa shape index (κ2) is 5.40. The number of amides is 1. The van der Waals surface area contributed by atoms with E-state index in [-0.39, 0.29) is 18.2 Å². The number of carboxylic acid groups (broad SMARTS) is 1. The molecule has 0 fully saturated rings. The molecule has 0 saturated carbocycles. The van der Waals surface area contributed by atoms with E-state index in [9.17, 15) is 9.59 Å². The van der Waals surface area contributed by atoms with E-state index in [1.165, 1.54) is 0 Å². The number of benzene rings is 1. The van der Waals surface area contributed by atoms with Crippen LogP contribution >= 0.6 is 0 Å². The Bertz CT molecular complexity index is 501. The Labute approximate surface area is 112 Å². The number of nitrogens with zero attached hydrogens (tertiary/aromatic N) is 1. The Morgan fingerprint density at radius 1 is 1.47 bits per heavy atom. The number of nitrogens with two attached hydrogens (primary N) is 1. The molecule has 1 aromatic carbocycles. The summed E-state index contributed by atoms with van der Waals surface area (Å²) >= 11 is 0. The van der Waals surface area contributed by atoms with Crippen molar-refractivity contribution in [3.8, 4) is 0 Å². The minimum absolute atomic E-state index is 0.0299. The smallest absolute Gasteiger partial charge is 0.304 e. The Morgan fingerprint density at radius 2 is 2.16 bits per heavy atom. The maximum absolute atomic E-state index is 12.2. The van der Waals surface area contributed by atoms with Crippen molar-refractivity contribution in [3.05, 3.63) is 29.8 Å². The zero-order valence-corrected chi connectivity index (χ0v) is 10.9. The van der Waals surface area contributed by atoms with Gasteiger partial charge in [-0.15, -0.1) is 0 Å². The summed E-state index contributed by atoms with van der Waals surface area (Å²) in [4.78, 5) is 24.7. The number of anilines is 1. The van der Waals surface area contributed by atoms with Crippen LogP contribution < -0.4 is 10.6 Å². The molecule has 102 valence electrons. The van der Waals surface area contributed by atoms with Gasteiger partial charge in [0.1, 0.15) is 0 Å². The largest absolute Gasteiger partial charge is 0.481 e. The molecule has 3 N–H and O–H groups in total. The monoisotopic (exact) mass is 262 g/mol. The molecule has 1 heterocycles. The summed E-state index contributed by atoms with van der Waals surface area (Å²) in [7, 11) is 0. The van der Waals surface area contributed by atoms with Gasteiger partial charge >= 0.3 is 5.97 Å². The van der Waals surface area contributed by atoms with Gasteiger partial charge in [-0.25, -0.2) is 0 Å². The summed E-state index contributed by atoms with van der Waals surface area (Å²) in [6, 6.07) is 6.91. The topological polar surface area (TPSA) is 83.6 Å². The summed E-state index contributed by atoms with van der Waals surface area (Å²) < 4.78 is 0. The lowest BCUT2D eigenvalue weighted by Crippen LogP contribution is -2.43. The van der Waals surface area contributed by atoms with Crippen molar-refractivity contribution in [1.82, 2.24) is 0 Å². The van der Waals surface area contributed by atoms with Gasteiger partial charge in [-0.3, -0.25) is 9.59 Å². The first kappa shape index (κ1) is 13.5. The Hall–Kier alpha value is -1.88. The molecule has 5 nitrogen and oxygen atoms in total. The van der Waals surface area contributed by atoms with Crippen LogP contribution in [-0.4, -0.2) is 29.6 Å². The molecule has 1 aliphatic heterocycles. The van der Waals surface area contributed by atoms with Crippen molar-refractivity contribution < 1.29 is 14.7 Å². The molecule has 5 heteroatoms. The number of hydrogen-bond acceptors (Lipinski definition) is 3. The lowest BCUT2D eigenvalue weighted by Gasteiger charge is -2.21. The molecule has 1 aliphatic rings. The molecule has 0 aromatic heterocycles. The number of fused-ring (bicyclic) bond motifs is 1. The van der Waals surface area contributed by atoms with Crippen molar-refractivity contribution in [1.29, 1.82) is 0 Å². The van der Waals surface area contributed by atoms with Crippen LogP contribution in [0.4, 0.5) is 5.69 Å². The summed E-state index contributed by atoms with van der Waals surface area (Å²) in [5.41, 5.74) is 7.50. The minimum Gasteiger partial charge on any atom is -0.481 e. The normalized spacial score (nSPS) is 19.1. The van der Waals surface area contributed by atoms with Gasteiger partial charge in [0.25, 0.3) is 0 Å².